The van der Waals surface area contributed by atoms with E-state index in [1.807, 2.05) is 19.1 Å². The summed E-state index contributed by atoms with van der Waals surface area (Å²) in [7, 11) is 0. The number of benzene rings is 2. The lowest BCUT2D eigenvalue weighted by atomic mass is 10.1. The van der Waals surface area contributed by atoms with Crippen molar-refractivity contribution in [2.45, 2.75) is 25.8 Å². The number of carbonyl (C=O) groups is 1. The van der Waals surface area contributed by atoms with E-state index in [1.54, 1.807) is 24.3 Å². The van der Waals surface area contributed by atoms with E-state index in [0.717, 1.165) is 18.4 Å². The predicted octanol–water partition coefficient (Wildman–Crippen LogP) is 2.89. The van der Waals surface area contributed by atoms with E-state index >= 15 is 0 Å². The van der Waals surface area contributed by atoms with E-state index in [-0.39, 0.29) is 29.9 Å². The van der Waals surface area contributed by atoms with E-state index in [1.165, 1.54) is 12.1 Å². The zero-order valence-electron chi connectivity index (χ0n) is 12.6. The zero-order chi connectivity index (χ0) is 15.9. The van der Waals surface area contributed by atoms with Crippen LogP contribution in [0, 0.1) is 0 Å². The van der Waals surface area contributed by atoms with Crippen LogP contribution in [0.2, 0.25) is 0 Å². The molecule has 0 fully saturated rings. The van der Waals surface area contributed by atoms with Crippen molar-refractivity contribution in [3.8, 4) is 11.5 Å². The first kappa shape index (κ1) is 16.0. The molecule has 22 heavy (non-hydrogen) atoms. The minimum atomic E-state index is 0.00389. The lowest BCUT2D eigenvalue weighted by Gasteiger charge is -2.13. The second-order valence-electron chi connectivity index (χ2n) is 5.46. The molecule has 4 heteroatoms. The second kappa shape index (κ2) is 7.61. The normalized spacial score (nSPS) is 12.0. The van der Waals surface area contributed by atoms with Crippen LogP contribution >= 0.6 is 0 Å². The Morgan fingerprint density at radius 2 is 1.82 bits per heavy atom. The molecule has 0 radical (unpaired) electrons. The highest BCUT2D eigenvalue weighted by molar-refractivity contribution is 5.97. The monoisotopic (exact) mass is 299 g/mol. The molecule has 0 saturated carbocycles. The minimum absolute atomic E-state index is 0.00389. The number of aromatic hydroxyl groups is 2. The third-order valence-corrected chi connectivity index (χ3v) is 3.58. The maximum Gasteiger partial charge on any atom is 0.176 e. The van der Waals surface area contributed by atoms with Gasteiger partial charge in [-0.3, -0.25) is 4.79 Å². The number of phenols is 2. The van der Waals surface area contributed by atoms with Gasteiger partial charge in [-0.05, 0) is 61.7 Å². The summed E-state index contributed by atoms with van der Waals surface area (Å²) in [6, 6.07) is 13.7. The van der Waals surface area contributed by atoms with Gasteiger partial charge in [-0.15, -0.1) is 0 Å². The molecular weight excluding hydrogens is 278 g/mol. The van der Waals surface area contributed by atoms with Gasteiger partial charge in [-0.1, -0.05) is 12.1 Å². The Balaban J connectivity index is 1.76. The summed E-state index contributed by atoms with van der Waals surface area (Å²) >= 11 is 0. The van der Waals surface area contributed by atoms with Crippen LogP contribution in [0.3, 0.4) is 0 Å². The standard InChI is InChI=1S/C18H21NO3/c1-13(5-6-14-3-2-4-17(21)11-14)19-12-18(22)15-7-9-16(20)10-8-15/h2-4,7-11,13,19-21H,5-6,12H2,1H3. The number of rotatable bonds is 7. The first-order valence-corrected chi connectivity index (χ1v) is 7.38. The van der Waals surface area contributed by atoms with E-state index in [4.69, 9.17) is 0 Å². The summed E-state index contributed by atoms with van der Waals surface area (Å²) in [6.45, 7) is 2.30. The zero-order valence-corrected chi connectivity index (χ0v) is 12.6. The van der Waals surface area contributed by atoms with Crippen molar-refractivity contribution in [1.82, 2.24) is 5.32 Å². The van der Waals surface area contributed by atoms with Crippen LogP contribution in [0.1, 0.15) is 29.3 Å². The highest BCUT2D eigenvalue weighted by Gasteiger charge is 2.08. The number of Topliss-reactive ketones (excluding diaryl/α,β-unsaturated/α-hetero) is 1. The molecule has 0 bridgehead atoms. The second-order valence-corrected chi connectivity index (χ2v) is 5.46. The number of ketones is 1. The third kappa shape index (κ3) is 4.90. The van der Waals surface area contributed by atoms with Crippen LogP contribution in [0.15, 0.2) is 48.5 Å². The summed E-state index contributed by atoms with van der Waals surface area (Å²) < 4.78 is 0. The van der Waals surface area contributed by atoms with Crippen LogP contribution in [0.5, 0.6) is 11.5 Å². The third-order valence-electron chi connectivity index (χ3n) is 3.58. The maximum absolute atomic E-state index is 12.0. The summed E-state index contributed by atoms with van der Waals surface area (Å²) in [5.74, 6) is 0.439. The molecule has 2 rings (SSSR count). The average molecular weight is 299 g/mol. The van der Waals surface area contributed by atoms with Gasteiger partial charge in [0.1, 0.15) is 11.5 Å². The van der Waals surface area contributed by atoms with Gasteiger partial charge in [0, 0.05) is 11.6 Å². The molecule has 0 aliphatic rings. The predicted molar refractivity (Wildman–Crippen MR) is 86.3 cm³/mol. The van der Waals surface area contributed by atoms with Crippen LogP contribution in [0.25, 0.3) is 0 Å². The molecule has 3 N–H and O–H groups in total. The quantitative estimate of drug-likeness (QED) is 0.688. The number of aryl methyl sites for hydroxylation is 1. The highest BCUT2D eigenvalue weighted by Crippen LogP contribution is 2.13. The first-order valence-electron chi connectivity index (χ1n) is 7.38. The van der Waals surface area contributed by atoms with Gasteiger partial charge in [0.15, 0.2) is 5.78 Å². The lowest BCUT2D eigenvalue weighted by molar-refractivity contribution is 0.0987. The van der Waals surface area contributed by atoms with Gasteiger partial charge < -0.3 is 15.5 Å². The molecule has 2 aromatic rings. The van der Waals surface area contributed by atoms with Crippen LogP contribution < -0.4 is 5.32 Å². The van der Waals surface area contributed by atoms with Gasteiger partial charge in [-0.25, -0.2) is 0 Å². The van der Waals surface area contributed by atoms with Gasteiger partial charge in [-0.2, -0.15) is 0 Å². The molecule has 2 aromatic carbocycles. The number of hydrogen-bond acceptors (Lipinski definition) is 4. The first-order chi connectivity index (χ1) is 10.5. The van der Waals surface area contributed by atoms with Crippen molar-refractivity contribution in [1.29, 1.82) is 0 Å². The molecular formula is C18H21NO3. The smallest absolute Gasteiger partial charge is 0.176 e. The number of carbonyl (C=O) groups excluding carboxylic acids is 1. The Kier molecular flexibility index (Phi) is 5.55. The van der Waals surface area contributed by atoms with Crippen molar-refractivity contribution in [2.24, 2.45) is 0 Å². The van der Waals surface area contributed by atoms with Crippen molar-refractivity contribution < 1.29 is 15.0 Å². The number of hydrogen-bond donors (Lipinski definition) is 3. The Labute approximate surface area is 130 Å². The molecule has 0 aliphatic carbocycles. The topological polar surface area (TPSA) is 69.6 Å². The fourth-order valence-electron chi connectivity index (χ4n) is 2.21. The molecule has 1 unspecified atom stereocenters. The molecule has 4 nitrogen and oxygen atoms in total. The van der Waals surface area contributed by atoms with E-state index in [0.29, 0.717) is 5.56 Å². The summed E-state index contributed by atoms with van der Waals surface area (Å²) in [5.41, 5.74) is 1.67. The summed E-state index contributed by atoms with van der Waals surface area (Å²) in [5, 5.41) is 21.8. The highest BCUT2D eigenvalue weighted by atomic mass is 16.3. The molecule has 1 atom stereocenters. The largest absolute Gasteiger partial charge is 0.508 e. The molecule has 0 spiro atoms. The SMILES string of the molecule is CC(CCc1cccc(O)c1)NCC(=O)c1ccc(O)cc1. The fraction of sp³-hybridized carbons (Fsp3) is 0.278. The molecule has 116 valence electrons. The van der Waals surface area contributed by atoms with Gasteiger partial charge in [0.05, 0.1) is 6.54 Å². The summed E-state index contributed by atoms with van der Waals surface area (Å²) in [4.78, 5) is 12.0. The van der Waals surface area contributed by atoms with Gasteiger partial charge >= 0.3 is 0 Å². The Morgan fingerprint density at radius 1 is 1.09 bits per heavy atom. The minimum Gasteiger partial charge on any atom is -0.508 e. The lowest BCUT2D eigenvalue weighted by Crippen LogP contribution is -2.31. The number of phenolic OH excluding ortho intramolecular Hbond substituents is 2. The van der Waals surface area contributed by atoms with Crippen LogP contribution in [-0.4, -0.2) is 28.6 Å². The fourth-order valence-corrected chi connectivity index (χ4v) is 2.21. The summed E-state index contributed by atoms with van der Waals surface area (Å²) in [6.07, 6.45) is 1.72. The molecule has 0 aromatic heterocycles. The van der Waals surface area contributed by atoms with Gasteiger partial charge in [0.25, 0.3) is 0 Å². The number of nitrogens with one attached hydrogen (secondary N) is 1. The van der Waals surface area contributed by atoms with E-state index in [9.17, 15) is 15.0 Å². The van der Waals surface area contributed by atoms with Crippen LogP contribution in [0.4, 0.5) is 0 Å². The van der Waals surface area contributed by atoms with Gasteiger partial charge in [0.2, 0.25) is 0 Å². The van der Waals surface area contributed by atoms with E-state index in [2.05, 4.69) is 5.32 Å². The molecule has 0 saturated heterocycles. The molecule has 0 aliphatic heterocycles. The Hall–Kier alpha value is -2.33. The molecule has 0 amide bonds. The van der Waals surface area contributed by atoms with Crippen LogP contribution in [-0.2, 0) is 6.42 Å². The van der Waals surface area contributed by atoms with Crippen molar-refractivity contribution in [2.75, 3.05) is 6.54 Å². The van der Waals surface area contributed by atoms with Crippen molar-refractivity contribution in [3.05, 3.63) is 59.7 Å². The van der Waals surface area contributed by atoms with Crippen molar-refractivity contribution in [3.63, 3.8) is 0 Å². The average Bonchev–Trinajstić information content (AvgIpc) is 2.51. The Bertz CT molecular complexity index is 622. The van der Waals surface area contributed by atoms with Crippen molar-refractivity contribution >= 4 is 5.78 Å². The molecule has 0 heterocycles. The maximum atomic E-state index is 12.0. The Morgan fingerprint density at radius 3 is 2.50 bits per heavy atom. The van der Waals surface area contributed by atoms with E-state index < -0.39 is 0 Å².